The Labute approximate surface area is 130 Å². The van der Waals surface area contributed by atoms with Crippen LogP contribution in [0.15, 0.2) is 24.3 Å². The number of benzene rings is 1. The van der Waals surface area contributed by atoms with Gasteiger partial charge < -0.3 is 10.1 Å². The Morgan fingerprint density at radius 2 is 1.86 bits per heavy atom. The van der Waals surface area contributed by atoms with Crippen LogP contribution < -0.4 is 5.32 Å². The van der Waals surface area contributed by atoms with Crippen LogP contribution in [0.25, 0.3) is 0 Å². The summed E-state index contributed by atoms with van der Waals surface area (Å²) in [5.74, 6) is 0. The van der Waals surface area contributed by atoms with Crippen molar-refractivity contribution in [2.45, 2.75) is 70.9 Å². The van der Waals surface area contributed by atoms with E-state index in [4.69, 9.17) is 4.74 Å². The summed E-state index contributed by atoms with van der Waals surface area (Å²) in [4.78, 5) is 0. The van der Waals surface area contributed by atoms with Gasteiger partial charge in [-0.25, -0.2) is 0 Å². The van der Waals surface area contributed by atoms with Crippen molar-refractivity contribution in [2.24, 2.45) is 0 Å². The van der Waals surface area contributed by atoms with Crippen LogP contribution in [-0.4, -0.2) is 19.3 Å². The lowest BCUT2D eigenvalue weighted by atomic mass is 9.98. The molecule has 1 aromatic rings. The average Bonchev–Trinajstić information content (AvgIpc) is 2.55. The predicted octanol–water partition coefficient (Wildman–Crippen LogP) is 4.64. The molecule has 0 saturated heterocycles. The molecular weight excluding hydrogens is 258 g/mol. The first-order valence-corrected chi connectivity index (χ1v) is 8.73. The number of hydrogen-bond acceptors (Lipinski definition) is 2. The highest BCUT2D eigenvalue weighted by Crippen LogP contribution is 2.20. The fourth-order valence-electron chi connectivity index (χ4n) is 3.03. The van der Waals surface area contributed by atoms with Crippen molar-refractivity contribution in [2.75, 3.05) is 13.2 Å². The van der Waals surface area contributed by atoms with Crippen LogP contribution >= 0.6 is 0 Å². The van der Waals surface area contributed by atoms with E-state index in [9.17, 15) is 0 Å². The Morgan fingerprint density at radius 1 is 1.14 bits per heavy atom. The number of aryl methyl sites for hydroxylation is 1. The van der Waals surface area contributed by atoms with Gasteiger partial charge in [0.05, 0.1) is 6.10 Å². The van der Waals surface area contributed by atoms with Crippen LogP contribution in [0, 0.1) is 0 Å². The van der Waals surface area contributed by atoms with Crippen molar-refractivity contribution < 1.29 is 4.74 Å². The SMILES string of the molecule is CCc1ccc(C(C)NCCCOC2CCCCC2)cc1. The molecule has 0 radical (unpaired) electrons. The Morgan fingerprint density at radius 3 is 2.52 bits per heavy atom. The van der Waals surface area contributed by atoms with E-state index in [1.807, 2.05) is 0 Å². The zero-order valence-electron chi connectivity index (χ0n) is 13.7. The Hall–Kier alpha value is -0.860. The third kappa shape index (κ3) is 5.80. The molecular formula is C19H31NO. The van der Waals surface area contributed by atoms with Crippen molar-refractivity contribution in [3.05, 3.63) is 35.4 Å². The molecule has 1 aliphatic rings. The molecule has 0 heterocycles. The maximum absolute atomic E-state index is 5.96. The monoisotopic (exact) mass is 289 g/mol. The smallest absolute Gasteiger partial charge is 0.0575 e. The third-order valence-corrected chi connectivity index (χ3v) is 4.57. The summed E-state index contributed by atoms with van der Waals surface area (Å²) < 4.78 is 5.96. The number of hydrogen-bond donors (Lipinski definition) is 1. The van der Waals surface area contributed by atoms with Gasteiger partial charge in [0.15, 0.2) is 0 Å². The van der Waals surface area contributed by atoms with E-state index in [2.05, 4.69) is 43.4 Å². The predicted molar refractivity (Wildman–Crippen MR) is 89.7 cm³/mol. The highest BCUT2D eigenvalue weighted by Gasteiger charge is 2.13. The van der Waals surface area contributed by atoms with E-state index in [1.54, 1.807) is 0 Å². The molecule has 0 amide bonds. The van der Waals surface area contributed by atoms with Gasteiger partial charge in [0.1, 0.15) is 0 Å². The van der Waals surface area contributed by atoms with E-state index in [-0.39, 0.29) is 0 Å². The largest absolute Gasteiger partial charge is 0.378 e. The lowest BCUT2D eigenvalue weighted by molar-refractivity contribution is 0.0271. The second-order valence-corrected chi connectivity index (χ2v) is 6.26. The minimum atomic E-state index is 0.422. The first-order chi connectivity index (χ1) is 10.3. The van der Waals surface area contributed by atoms with Crippen molar-refractivity contribution in [1.29, 1.82) is 0 Å². The maximum atomic E-state index is 5.96. The minimum Gasteiger partial charge on any atom is -0.378 e. The molecule has 0 aromatic heterocycles. The van der Waals surface area contributed by atoms with Gasteiger partial charge in [0.2, 0.25) is 0 Å². The van der Waals surface area contributed by atoms with Crippen LogP contribution in [0.2, 0.25) is 0 Å². The Bertz CT molecular complexity index is 381. The van der Waals surface area contributed by atoms with Crippen molar-refractivity contribution in [3.63, 3.8) is 0 Å². The molecule has 1 saturated carbocycles. The van der Waals surface area contributed by atoms with Gasteiger partial charge in [-0.2, -0.15) is 0 Å². The summed E-state index contributed by atoms with van der Waals surface area (Å²) in [6, 6.07) is 9.38. The normalized spacial score (nSPS) is 17.8. The van der Waals surface area contributed by atoms with Gasteiger partial charge in [0, 0.05) is 12.6 Å². The maximum Gasteiger partial charge on any atom is 0.0575 e. The summed E-state index contributed by atoms with van der Waals surface area (Å²) in [7, 11) is 0. The summed E-state index contributed by atoms with van der Waals surface area (Å²) in [6.07, 6.45) is 9.41. The highest BCUT2D eigenvalue weighted by atomic mass is 16.5. The Balaban J connectivity index is 1.58. The Kier molecular flexibility index (Phi) is 7.25. The van der Waals surface area contributed by atoms with Gasteiger partial charge in [-0.05, 0) is 50.3 Å². The summed E-state index contributed by atoms with van der Waals surface area (Å²) >= 11 is 0. The first kappa shape index (κ1) is 16.5. The second kappa shape index (κ2) is 9.22. The van der Waals surface area contributed by atoms with Gasteiger partial charge >= 0.3 is 0 Å². The molecule has 1 unspecified atom stereocenters. The third-order valence-electron chi connectivity index (χ3n) is 4.57. The lowest BCUT2D eigenvalue weighted by Crippen LogP contribution is -2.23. The number of rotatable bonds is 8. The van der Waals surface area contributed by atoms with Crippen molar-refractivity contribution in [1.82, 2.24) is 5.32 Å². The second-order valence-electron chi connectivity index (χ2n) is 6.26. The fourth-order valence-corrected chi connectivity index (χ4v) is 3.03. The highest BCUT2D eigenvalue weighted by molar-refractivity contribution is 5.24. The molecule has 0 bridgehead atoms. The first-order valence-electron chi connectivity index (χ1n) is 8.73. The number of nitrogens with one attached hydrogen (secondary N) is 1. The molecule has 1 fully saturated rings. The molecule has 2 rings (SSSR count). The molecule has 0 aliphatic heterocycles. The van der Waals surface area contributed by atoms with Crippen LogP contribution in [-0.2, 0) is 11.2 Å². The summed E-state index contributed by atoms with van der Waals surface area (Å²) in [5.41, 5.74) is 2.78. The lowest BCUT2D eigenvalue weighted by Gasteiger charge is -2.22. The molecule has 1 atom stereocenters. The van der Waals surface area contributed by atoms with Gasteiger partial charge in [-0.1, -0.05) is 50.5 Å². The zero-order valence-corrected chi connectivity index (χ0v) is 13.7. The standard InChI is InChI=1S/C19H31NO/c1-3-17-10-12-18(13-11-17)16(2)20-14-7-15-21-19-8-5-4-6-9-19/h10-13,16,19-20H,3-9,14-15H2,1-2H3. The van der Waals surface area contributed by atoms with Gasteiger partial charge in [-0.15, -0.1) is 0 Å². The molecule has 21 heavy (non-hydrogen) atoms. The van der Waals surface area contributed by atoms with Gasteiger partial charge in [0.25, 0.3) is 0 Å². The zero-order chi connectivity index (χ0) is 14.9. The van der Waals surface area contributed by atoms with Crippen LogP contribution in [0.3, 0.4) is 0 Å². The van der Waals surface area contributed by atoms with Crippen LogP contribution in [0.1, 0.15) is 69.5 Å². The van der Waals surface area contributed by atoms with E-state index in [0.29, 0.717) is 12.1 Å². The van der Waals surface area contributed by atoms with Gasteiger partial charge in [-0.3, -0.25) is 0 Å². The minimum absolute atomic E-state index is 0.422. The van der Waals surface area contributed by atoms with Crippen LogP contribution in [0.5, 0.6) is 0 Å². The van der Waals surface area contributed by atoms with E-state index in [0.717, 1.165) is 26.0 Å². The van der Waals surface area contributed by atoms with E-state index < -0.39 is 0 Å². The molecule has 2 nitrogen and oxygen atoms in total. The summed E-state index contributed by atoms with van der Waals surface area (Å²) in [5, 5.41) is 3.59. The fraction of sp³-hybridized carbons (Fsp3) is 0.684. The van der Waals surface area contributed by atoms with E-state index >= 15 is 0 Å². The molecule has 2 heteroatoms. The van der Waals surface area contributed by atoms with Crippen molar-refractivity contribution >= 4 is 0 Å². The van der Waals surface area contributed by atoms with E-state index in [1.165, 1.54) is 43.2 Å². The van der Waals surface area contributed by atoms with Crippen LogP contribution in [0.4, 0.5) is 0 Å². The molecule has 118 valence electrons. The molecule has 0 spiro atoms. The molecule has 1 aliphatic carbocycles. The average molecular weight is 289 g/mol. The topological polar surface area (TPSA) is 21.3 Å². The summed E-state index contributed by atoms with van der Waals surface area (Å²) in [6.45, 7) is 6.37. The number of ether oxygens (including phenoxy) is 1. The quantitative estimate of drug-likeness (QED) is 0.704. The molecule has 1 N–H and O–H groups in total. The van der Waals surface area contributed by atoms with Crippen molar-refractivity contribution in [3.8, 4) is 0 Å². The molecule has 1 aromatic carbocycles.